The van der Waals surface area contributed by atoms with Crippen LogP contribution in [-0.2, 0) is 0 Å². The number of carbonyl (C=O) groups excluding carboxylic acids is 1. The van der Waals surface area contributed by atoms with E-state index in [2.05, 4.69) is 20.9 Å². The predicted octanol–water partition coefficient (Wildman–Crippen LogP) is 2.78. The fraction of sp³-hybridized carbons (Fsp3) is 0.333. The zero-order valence-electron chi connectivity index (χ0n) is 7.04. The molecule has 0 saturated heterocycles. The van der Waals surface area contributed by atoms with Crippen LogP contribution in [0.1, 0.15) is 35.8 Å². The zero-order chi connectivity index (χ0) is 9.14. The van der Waals surface area contributed by atoms with Crippen LogP contribution in [0.5, 0.6) is 0 Å². The largest absolute Gasteiger partial charge is 0.298 e. The van der Waals surface area contributed by atoms with Gasteiger partial charge in [-0.2, -0.15) is 0 Å². The summed E-state index contributed by atoms with van der Waals surface area (Å²) < 4.78 is 0.842. The molecule has 0 spiro atoms. The van der Waals surface area contributed by atoms with Crippen molar-refractivity contribution in [3.8, 4) is 0 Å². The summed E-state index contributed by atoms with van der Waals surface area (Å²) >= 11 is 3.26. The molecule has 0 N–H and O–H groups in total. The van der Waals surface area contributed by atoms with E-state index in [1.54, 1.807) is 12.3 Å². The molecule has 0 fully saturated rings. The molecule has 0 saturated carbocycles. The lowest BCUT2D eigenvalue weighted by Crippen LogP contribution is -1.98. The van der Waals surface area contributed by atoms with E-state index < -0.39 is 0 Å². The molecule has 1 heterocycles. The summed E-state index contributed by atoms with van der Waals surface area (Å²) in [7, 11) is 0. The van der Waals surface area contributed by atoms with Crippen LogP contribution in [0.2, 0.25) is 0 Å². The molecule has 64 valence electrons. The van der Waals surface area contributed by atoms with Gasteiger partial charge in [-0.25, -0.2) is 0 Å². The third-order valence-corrected chi connectivity index (χ3v) is 2.02. The summed E-state index contributed by atoms with van der Waals surface area (Å²) in [4.78, 5) is 14.8. The monoisotopic (exact) mass is 227 g/mol. The molecule has 0 amide bonds. The van der Waals surface area contributed by atoms with Crippen molar-refractivity contribution in [1.29, 1.82) is 0 Å². The summed E-state index contributed by atoms with van der Waals surface area (Å²) in [5.41, 5.74) is 1.52. The lowest BCUT2D eigenvalue weighted by Gasteiger charge is -2.06. The Bertz CT molecular complexity index is 297. The van der Waals surface area contributed by atoms with Gasteiger partial charge in [0.1, 0.15) is 0 Å². The Morgan fingerprint density at radius 2 is 2.25 bits per heavy atom. The van der Waals surface area contributed by atoms with Crippen molar-refractivity contribution in [2.75, 3.05) is 0 Å². The highest BCUT2D eigenvalue weighted by molar-refractivity contribution is 9.10. The van der Waals surface area contributed by atoms with Crippen LogP contribution in [0.15, 0.2) is 16.7 Å². The SMILES string of the molecule is CC(C)c1ncc(Br)cc1C=O. The molecular formula is C9H10BrNO. The van der Waals surface area contributed by atoms with Crippen LogP contribution in [0.25, 0.3) is 0 Å². The lowest BCUT2D eigenvalue weighted by molar-refractivity contribution is 0.112. The second-order valence-corrected chi connectivity index (χ2v) is 3.82. The minimum absolute atomic E-state index is 0.290. The molecule has 0 aliphatic carbocycles. The van der Waals surface area contributed by atoms with E-state index in [1.807, 2.05) is 13.8 Å². The first kappa shape index (κ1) is 9.39. The quantitative estimate of drug-likeness (QED) is 0.728. The van der Waals surface area contributed by atoms with Gasteiger partial charge in [-0.05, 0) is 27.9 Å². The third-order valence-electron chi connectivity index (χ3n) is 1.59. The Hall–Kier alpha value is -0.700. The van der Waals surface area contributed by atoms with Crippen molar-refractivity contribution in [3.63, 3.8) is 0 Å². The van der Waals surface area contributed by atoms with E-state index in [0.717, 1.165) is 16.5 Å². The number of hydrogen-bond donors (Lipinski definition) is 0. The Balaban J connectivity index is 3.20. The molecular weight excluding hydrogens is 218 g/mol. The van der Waals surface area contributed by atoms with Gasteiger partial charge in [-0.1, -0.05) is 13.8 Å². The van der Waals surface area contributed by atoms with Crippen molar-refractivity contribution in [3.05, 3.63) is 28.0 Å². The maximum atomic E-state index is 10.6. The van der Waals surface area contributed by atoms with Crippen LogP contribution < -0.4 is 0 Å². The average molecular weight is 228 g/mol. The third kappa shape index (κ3) is 1.91. The van der Waals surface area contributed by atoms with Crippen molar-refractivity contribution in [1.82, 2.24) is 4.98 Å². The standard InChI is InChI=1S/C9H10BrNO/c1-6(2)9-7(5-12)3-8(10)4-11-9/h3-6H,1-2H3. The van der Waals surface area contributed by atoms with E-state index in [0.29, 0.717) is 11.5 Å². The topological polar surface area (TPSA) is 30.0 Å². The Morgan fingerprint density at radius 3 is 2.75 bits per heavy atom. The van der Waals surface area contributed by atoms with Gasteiger partial charge >= 0.3 is 0 Å². The molecule has 12 heavy (non-hydrogen) atoms. The van der Waals surface area contributed by atoms with Crippen LogP contribution in [-0.4, -0.2) is 11.3 Å². The number of pyridine rings is 1. The van der Waals surface area contributed by atoms with Gasteiger partial charge in [0.05, 0.1) is 5.69 Å². The molecule has 3 heteroatoms. The first-order valence-electron chi connectivity index (χ1n) is 3.75. The van der Waals surface area contributed by atoms with Crippen LogP contribution in [0.4, 0.5) is 0 Å². The fourth-order valence-corrected chi connectivity index (χ4v) is 1.39. The van der Waals surface area contributed by atoms with Gasteiger partial charge in [0, 0.05) is 16.2 Å². The van der Waals surface area contributed by atoms with Gasteiger partial charge in [0.2, 0.25) is 0 Å². The van der Waals surface area contributed by atoms with Crippen molar-refractivity contribution >= 4 is 22.2 Å². The van der Waals surface area contributed by atoms with Crippen molar-refractivity contribution < 1.29 is 4.79 Å². The molecule has 0 aliphatic heterocycles. The highest BCUT2D eigenvalue weighted by atomic mass is 79.9. The van der Waals surface area contributed by atoms with Gasteiger partial charge in [-0.3, -0.25) is 9.78 Å². The lowest BCUT2D eigenvalue weighted by atomic mass is 10.1. The molecule has 0 atom stereocenters. The Kier molecular flexibility index (Phi) is 2.98. The number of nitrogens with zero attached hydrogens (tertiary/aromatic N) is 1. The molecule has 0 unspecified atom stereocenters. The highest BCUT2D eigenvalue weighted by Gasteiger charge is 2.07. The fourth-order valence-electron chi connectivity index (χ4n) is 1.04. The van der Waals surface area contributed by atoms with Crippen LogP contribution in [0, 0.1) is 0 Å². The molecule has 2 nitrogen and oxygen atoms in total. The number of halogens is 1. The van der Waals surface area contributed by atoms with Crippen molar-refractivity contribution in [2.24, 2.45) is 0 Å². The number of carbonyl (C=O) groups is 1. The summed E-state index contributed by atoms with van der Waals surface area (Å²) in [5, 5.41) is 0. The average Bonchev–Trinajstić information content (AvgIpc) is 2.03. The second kappa shape index (κ2) is 3.81. The van der Waals surface area contributed by atoms with Gasteiger partial charge in [0.25, 0.3) is 0 Å². The number of rotatable bonds is 2. The van der Waals surface area contributed by atoms with E-state index >= 15 is 0 Å². The molecule has 0 aromatic carbocycles. The van der Waals surface area contributed by atoms with E-state index in [4.69, 9.17) is 0 Å². The number of aromatic nitrogens is 1. The van der Waals surface area contributed by atoms with E-state index in [-0.39, 0.29) is 0 Å². The molecule has 1 aromatic rings. The maximum Gasteiger partial charge on any atom is 0.151 e. The predicted molar refractivity (Wildman–Crippen MR) is 51.4 cm³/mol. The summed E-state index contributed by atoms with van der Waals surface area (Å²) in [6.07, 6.45) is 2.55. The van der Waals surface area contributed by atoms with Gasteiger partial charge in [-0.15, -0.1) is 0 Å². The summed E-state index contributed by atoms with van der Waals surface area (Å²) in [6.45, 7) is 4.03. The van der Waals surface area contributed by atoms with Gasteiger partial charge in [0.15, 0.2) is 6.29 Å². The van der Waals surface area contributed by atoms with E-state index in [9.17, 15) is 4.79 Å². The van der Waals surface area contributed by atoms with E-state index in [1.165, 1.54) is 0 Å². The summed E-state index contributed by atoms with van der Waals surface area (Å²) in [6, 6.07) is 1.79. The normalized spacial score (nSPS) is 10.3. The van der Waals surface area contributed by atoms with Crippen LogP contribution in [0.3, 0.4) is 0 Å². The van der Waals surface area contributed by atoms with Gasteiger partial charge < -0.3 is 0 Å². The Labute approximate surface area is 80.1 Å². The minimum atomic E-state index is 0.290. The first-order chi connectivity index (χ1) is 5.65. The maximum absolute atomic E-state index is 10.6. The molecule has 0 radical (unpaired) electrons. The molecule has 1 rings (SSSR count). The molecule has 1 aromatic heterocycles. The smallest absolute Gasteiger partial charge is 0.151 e. The number of aldehydes is 1. The highest BCUT2D eigenvalue weighted by Crippen LogP contribution is 2.18. The Morgan fingerprint density at radius 1 is 1.58 bits per heavy atom. The zero-order valence-corrected chi connectivity index (χ0v) is 8.63. The van der Waals surface area contributed by atoms with Crippen LogP contribution >= 0.6 is 15.9 Å². The molecule has 0 bridgehead atoms. The summed E-state index contributed by atoms with van der Waals surface area (Å²) in [5.74, 6) is 0.290. The van der Waals surface area contributed by atoms with Crippen molar-refractivity contribution in [2.45, 2.75) is 19.8 Å². The first-order valence-corrected chi connectivity index (χ1v) is 4.55. The minimum Gasteiger partial charge on any atom is -0.298 e. The molecule has 0 aliphatic rings. The second-order valence-electron chi connectivity index (χ2n) is 2.90. The number of hydrogen-bond acceptors (Lipinski definition) is 2.